The van der Waals surface area contributed by atoms with Gasteiger partial charge < -0.3 is 9.72 Å². The number of rotatable bonds is 3. The quantitative estimate of drug-likeness (QED) is 0.806. The van der Waals surface area contributed by atoms with Crippen LogP contribution in [0.5, 0.6) is 0 Å². The normalized spacial score (nSPS) is 10.9. The van der Waals surface area contributed by atoms with Gasteiger partial charge in [-0.2, -0.15) is 0 Å². The van der Waals surface area contributed by atoms with Crippen molar-refractivity contribution in [2.45, 2.75) is 20.3 Å². The molecule has 2 heterocycles. The Bertz CT molecular complexity index is 854. The van der Waals surface area contributed by atoms with Gasteiger partial charge in [-0.3, -0.25) is 4.79 Å². The Morgan fingerprint density at radius 1 is 1.23 bits per heavy atom. The van der Waals surface area contributed by atoms with E-state index in [2.05, 4.69) is 10.3 Å². The summed E-state index contributed by atoms with van der Waals surface area (Å²) in [6.45, 7) is 3.92. The Labute approximate surface area is 127 Å². The van der Waals surface area contributed by atoms with Crippen molar-refractivity contribution in [2.75, 3.05) is 5.32 Å². The summed E-state index contributed by atoms with van der Waals surface area (Å²) in [5, 5.41) is 2.79. The molecular weight excluding hydrogens is 281 g/mol. The first-order valence-corrected chi connectivity index (χ1v) is 7.03. The fourth-order valence-corrected chi connectivity index (χ4v) is 2.37. The minimum atomic E-state index is -0.366. The number of halogens is 1. The molecule has 0 aliphatic rings. The Balaban J connectivity index is 1.79. The lowest BCUT2D eigenvalue weighted by Crippen LogP contribution is -2.15. The van der Waals surface area contributed by atoms with Gasteiger partial charge in [0.1, 0.15) is 11.5 Å². The second kappa shape index (κ2) is 5.60. The topological polar surface area (TPSA) is 46.4 Å². The van der Waals surface area contributed by atoms with Crippen LogP contribution in [0.15, 0.2) is 42.6 Å². The van der Waals surface area contributed by atoms with Gasteiger partial charge in [0.15, 0.2) is 0 Å². The number of nitrogens with one attached hydrogen (secondary N) is 1. The lowest BCUT2D eigenvalue weighted by atomic mass is 10.1. The Morgan fingerprint density at radius 3 is 2.77 bits per heavy atom. The van der Waals surface area contributed by atoms with Crippen molar-refractivity contribution in [2.24, 2.45) is 0 Å². The summed E-state index contributed by atoms with van der Waals surface area (Å²) in [5.74, 6) is -0.617. The number of hydrogen-bond acceptors (Lipinski definition) is 2. The minimum Gasteiger partial charge on any atom is -0.324 e. The largest absolute Gasteiger partial charge is 0.324 e. The number of anilines is 1. The number of nitrogens with zero attached hydrogens (tertiary/aromatic N) is 2. The van der Waals surface area contributed by atoms with E-state index >= 15 is 0 Å². The molecule has 0 radical (unpaired) electrons. The number of imidazole rings is 1. The van der Waals surface area contributed by atoms with Gasteiger partial charge in [0.25, 0.3) is 0 Å². The van der Waals surface area contributed by atoms with Crippen LogP contribution in [0.4, 0.5) is 10.1 Å². The maximum atomic E-state index is 13.6. The van der Waals surface area contributed by atoms with Crippen LogP contribution in [0.3, 0.4) is 0 Å². The van der Waals surface area contributed by atoms with Crippen LogP contribution in [-0.2, 0) is 11.2 Å². The number of aromatic nitrogens is 2. The predicted octanol–water partition coefficient (Wildman–Crippen LogP) is 3.27. The number of carbonyl (C=O) groups is 1. The fourth-order valence-electron chi connectivity index (χ4n) is 2.37. The van der Waals surface area contributed by atoms with Crippen LogP contribution in [0.25, 0.3) is 5.65 Å². The molecule has 0 aliphatic heterocycles. The van der Waals surface area contributed by atoms with Crippen LogP contribution in [0, 0.1) is 19.7 Å². The highest BCUT2D eigenvalue weighted by atomic mass is 19.1. The van der Waals surface area contributed by atoms with Crippen LogP contribution in [0.2, 0.25) is 0 Å². The number of pyridine rings is 1. The molecule has 112 valence electrons. The molecular formula is C17H16FN3O. The van der Waals surface area contributed by atoms with E-state index in [1.807, 2.05) is 30.5 Å². The monoisotopic (exact) mass is 297 g/mol. The summed E-state index contributed by atoms with van der Waals surface area (Å²) >= 11 is 0. The molecule has 0 unspecified atom stereocenters. The van der Waals surface area contributed by atoms with Crippen molar-refractivity contribution in [1.29, 1.82) is 0 Å². The first-order chi connectivity index (χ1) is 10.5. The van der Waals surface area contributed by atoms with Gasteiger partial charge in [-0.1, -0.05) is 18.2 Å². The second-order valence-electron chi connectivity index (χ2n) is 5.24. The molecule has 3 rings (SSSR count). The molecule has 0 saturated heterocycles. The third-order valence-electron chi connectivity index (χ3n) is 3.69. The van der Waals surface area contributed by atoms with E-state index in [1.165, 1.54) is 6.07 Å². The average Bonchev–Trinajstić information content (AvgIpc) is 2.77. The summed E-state index contributed by atoms with van der Waals surface area (Å²) in [5.41, 5.74) is 3.86. The van der Waals surface area contributed by atoms with Gasteiger partial charge in [0.05, 0.1) is 17.8 Å². The van der Waals surface area contributed by atoms with E-state index < -0.39 is 0 Å². The lowest BCUT2D eigenvalue weighted by molar-refractivity contribution is -0.115. The van der Waals surface area contributed by atoms with Crippen LogP contribution >= 0.6 is 0 Å². The SMILES string of the molecule is Cc1nc2ccc(NC(=O)Cc3ccccc3F)cn2c1C. The zero-order valence-corrected chi connectivity index (χ0v) is 12.4. The molecule has 5 heteroatoms. The first-order valence-electron chi connectivity index (χ1n) is 7.03. The number of amides is 1. The molecule has 2 aromatic heterocycles. The number of aryl methyl sites for hydroxylation is 2. The van der Waals surface area contributed by atoms with Gasteiger partial charge in [0, 0.05) is 11.9 Å². The van der Waals surface area contributed by atoms with Crippen LogP contribution in [0.1, 0.15) is 17.0 Å². The third kappa shape index (κ3) is 2.70. The molecule has 1 amide bonds. The molecule has 0 bridgehead atoms. The Hall–Kier alpha value is -2.69. The highest BCUT2D eigenvalue weighted by Crippen LogP contribution is 2.16. The fraction of sp³-hybridized carbons (Fsp3) is 0.176. The van der Waals surface area contributed by atoms with Crippen LogP contribution in [-0.4, -0.2) is 15.3 Å². The first kappa shape index (κ1) is 14.3. The molecule has 0 fully saturated rings. The van der Waals surface area contributed by atoms with Crippen molar-refractivity contribution in [3.8, 4) is 0 Å². The van der Waals surface area contributed by atoms with E-state index in [9.17, 15) is 9.18 Å². The van der Waals surface area contributed by atoms with E-state index in [0.717, 1.165) is 17.0 Å². The Kier molecular flexibility index (Phi) is 3.63. The van der Waals surface area contributed by atoms with Crippen molar-refractivity contribution in [1.82, 2.24) is 9.38 Å². The van der Waals surface area contributed by atoms with Gasteiger partial charge in [-0.05, 0) is 37.6 Å². The Morgan fingerprint density at radius 2 is 2.00 bits per heavy atom. The van der Waals surface area contributed by atoms with Crippen LogP contribution < -0.4 is 5.32 Å². The van der Waals surface area contributed by atoms with Gasteiger partial charge in [-0.15, -0.1) is 0 Å². The zero-order chi connectivity index (χ0) is 15.7. The summed E-state index contributed by atoms with van der Waals surface area (Å²) in [6.07, 6.45) is 1.83. The number of carbonyl (C=O) groups excluding carboxylic acids is 1. The predicted molar refractivity (Wildman–Crippen MR) is 83.4 cm³/mol. The lowest BCUT2D eigenvalue weighted by Gasteiger charge is -2.07. The molecule has 0 aliphatic carbocycles. The molecule has 1 N–H and O–H groups in total. The van der Waals surface area contributed by atoms with Gasteiger partial charge in [-0.25, -0.2) is 9.37 Å². The van der Waals surface area contributed by atoms with Crippen molar-refractivity contribution >= 4 is 17.2 Å². The van der Waals surface area contributed by atoms with E-state index in [0.29, 0.717) is 11.3 Å². The van der Waals surface area contributed by atoms with Crippen molar-refractivity contribution < 1.29 is 9.18 Å². The van der Waals surface area contributed by atoms with E-state index in [4.69, 9.17) is 0 Å². The van der Waals surface area contributed by atoms with Gasteiger partial charge >= 0.3 is 0 Å². The minimum absolute atomic E-state index is 0.00660. The standard InChI is InChI=1S/C17H16FN3O/c1-11-12(2)21-10-14(7-8-16(21)19-11)20-17(22)9-13-5-3-4-6-15(13)18/h3-8,10H,9H2,1-2H3,(H,20,22). The zero-order valence-electron chi connectivity index (χ0n) is 12.4. The molecule has 0 saturated carbocycles. The number of benzene rings is 1. The summed E-state index contributed by atoms with van der Waals surface area (Å²) in [6, 6.07) is 9.93. The maximum Gasteiger partial charge on any atom is 0.228 e. The highest BCUT2D eigenvalue weighted by Gasteiger charge is 2.09. The summed E-state index contributed by atoms with van der Waals surface area (Å²) in [7, 11) is 0. The number of hydrogen-bond donors (Lipinski definition) is 1. The van der Waals surface area contributed by atoms with Crippen molar-refractivity contribution in [3.63, 3.8) is 0 Å². The third-order valence-corrected chi connectivity index (χ3v) is 3.69. The highest BCUT2D eigenvalue weighted by molar-refractivity contribution is 5.92. The molecule has 4 nitrogen and oxygen atoms in total. The molecule has 0 spiro atoms. The summed E-state index contributed by atoms with van der Waals surface area (Å²) in [4.78, 5) is 16.5. The molecule has 22 heavy (non-hydrogen) atoms. The van der Waals surface area contributed by atoms with E-state index in [1.54, 1.807) is 24.3 Å². The van der Waals surface area contributed by atoms with Crippen molar-refractivity contribution in [3.05, 3.63) is 65.4 Å². The number of fused-ring (bicyclic) bond motifs is 1. The maximum absolute atomic E-state index is 13.6. The molecule has 0 atom stereocenters. The molecule has 3 aromatic rings. The molecule has 1 aromatic carbocycles. The van der Waals surface area contributed by atoms with E-state index in [-0.39, 0.29) is 18.1 Å². The average molecular weight is 297 g/mol. The summed E-state index contributed by atoms with van der Waals surface area (Å²) < 4.78 is 15.5. The smallest absolute Gasteiger partial charge is 0.228 e. The second-order valence-corrected chi connectivity index (χ2v) is 5.24. The van der Waals surface area contributed by atoms with Gasteiger partial charge in [0.2, 0.25) is 5.91 Å².